The Bertz CT molecular complexity index is 846. The fourth-order valence-corrected chi connectivity index (χ4v) is 2.70. The summed E-state index contributed by atoms with van der Waals surface area (Å²) in [6.45, 7) is 9.72. The number of nitrogens with one attached hydrogen (secondary N) is 1. The molecule has 138 valence electrons. The quantitative estimate of drug-likeness (QED) is 0.865. The zero-order chi connectivity index (χ0) is 19.5. The SMILES string of the molecule is Cc1c(-c2ccn(C[C@H](C)NC(=O)OC(C)(C)C)n2)ccc(C#N)c1Cl. The molecule has 2 aromatic rings. The third kappa shape index (κ3) is 4.99. The zero-order valence-electron chi connectivity index (χ0n) is 15.6. The lowest BCUT2D eigenvalue weighted by atomic mass is 10.0. The van der Waals surface area contributed by atoms with Gasteiger partial charge in [0.1, 0.15) is 11.7 Å². The highest BCUT2D eigenvalue weighted by atomic mass is 35.5. The van der Waals surface area contributed by atoms with Crippen LogP contribution in [0.4, 0.5) is 4.79 Å². The third-order valence-electron chi connectivity index (χ3n) is 3.65. The number of carbonyl (C=O) groups excluding carboxylic acids is 1. The smallest absolute Gasteiger partial charge is 0.407 e. The predicted molar refractivity (Wildman–Crippen MR) is 101 cm³/mol. The van der Waals surface area contributed by atoms with Crippen LogP contribution < -0.4 is 5.32 Å². The summed E-state index contributed by atoms with van der Waals surface area (Å²) in [5.41, 5.74) is 2.37. The number of ether oxygens (including phenoxy) is 1. The van der Waals surface area contributed by atoms with Crippen molar-refractivity contribution in [2.24, 2.45) is 0 Å². The minimum absolute atomic E-state index is 0.150. The Labute approximate surface area is 158 Å². The van der Waals surface area contributed by atoms with Gasteiger partial charge in [-0.15, -0.1) is 0 Å². The molecular formula is C19H23ClN4O2. The first-order valence-electron chi connectivity index (χ1n) is 8.33. The van der Waals surface area contributed by atoms with E-state index in [2.05, 4.69) is 16.5 Å². The van der Waals surface area contributed by atoms with Crippen molar-refractivity contribution in [2.75, 3.05) is 0 Å². The van der Waals surface area contributed by atoms with Crippen molar-refractivity contribution in [3.8, 4) is 17.3 Å². The number of amides is 1. The summed E-state index contributed by atoms with van der Waals surface area (Å²) in [4.78, 5) is 11.8. The fourth-order valence-electron chi connectivity index (χ4n) is 2.49. The van der Waals surface area contributed by atoms with Crippen LogP contribution in [0, 0.1) is 18.3 Å². The van der Waals surface area contributed by atoms with Gasteiger partial charge in [-0.3, -0.25) is 4.68 Å². The second-order valence-electron chi connectivity index (χ2n) is 7.18. The molecule has 2 rings (SSSR count). The van der Waals surface area contributed by atoms with E-state index in [1.165, 1.54) is 0 Å². The lowest BCUT2D eigenvalue weighted by Crippen LogP contribution is -2.39. The van der Waals surface area contributed by atoms with Crippen LogP contribution in [0.25, 0.3) is 11.3 Å². The minimum atomic E-state index is -0.533. The zero-order valence-corrected chi connectivity index (χ0v) is 16.4. The maximum atomic E-state index is 11.8. The van der Waals surface area contributed by atoms with Crippen molar-refractivity contribution in [2.45, 2.75) is 52.8 Å². The van der Waals surface area contributed by atoms with Crippen molar-refractivity contribution in [1.82, 2.24) is 15.1 Å². The normalized spacial score (nSPS) is 12.3. The summed E-state index contributed by atoms with van der Waals surface area (Å²) in [5.74, 6) is 0. The van der Waals surface area contributed by atoms with Crippen LogP contribution in [0.2, 0.25) is 5.02 Å². The van der Waals surface area contributed by atoms with E-state index in [9.17, 15) is 4.79 Å². The van der Waals surface area contributed by atoms with E-state index in [4.69, 9.17) is 21.6 Å². The molecular weight excluding hydrogens is 352 g/mol. The van der Waals surface area contributed by atoms with Gasteiger partial charge < -0.3 is 10.1 Å². The van der Waals surface area contributed by atoms with Gasteiger partial charge in [-0.25, -0.2) is 4.79 Å². The second kappa shape index (κ2) is 7.79. The molecule has 0 saturated heterocycles. The maximum Gasteiger partial charge on any atom is 0.407 e. The summed E-state index contributed by atoms with van der Waals surface area (Å²) < 4.78 is 7.00. The molecule has 1 atom stereocenters. The standard InChI is InChI=1S/C19H23ClN4O2/c1-12(22-18(25)26-19(3,4)5)11-24-9-8-16(23-24)15-7-6-14(10-21)17(20)13(15)2/h6-9,12H,11H2,1-5H3,(H,22,25)/t12-/m0/s1. The number of hydrogen-bond acceptors (Lipinski definition) is 4. The molecule has 0 fully saturated rings. The number of rotatable bonds is 4. The molecule has 0 bridgehead atoms. The van der Waals surface area contributed by atoms with Gasteiger partial charge in [0.2, 0.25) is 0 Å². The van der Waals surface area contributed by atoms with E-state index in [0.29, 0.717) is 17.1 Å². The summed E-state index contributed by atoms with van der Waals surface area (Å²) in [6.07, 6.45) is 1.39. The van der Waals surface area contributed by atoms with Gasteiger partial charge in [0.05, 0.1) is 22.8 Å². The van der Waals surface area contributed by atoms with Crippen molar-refractivity contribution >= 4 is 17.7 Å². The molecule has 7 heteroatoms. The Morgan fingerprint density at radius 3 is 2.73 bits per heavy atom. The minimum Gasteiger partial charge on any atom is -0.444 e. The van der Waals surface area contributed by atoms with Gasteiger partial charge in [-0.1, -0.05) is 17.7 Å². The summed E-state index contributed by atoms with van der Waals surface area (Å²) in [5, 5.41) is 16.8. The lowest BCUT2D eigenvalue weighted by Gasteiger charge is -2.21. The molecule has 1 amide bonds. The Morgan fingerprint density at radius 2 is 2.12 bits per heavy atom. The molecule has 1 aromatic heterocycles. The number of hydrogen-bond donors (Lipinski definition) is 1. The van der Waals surface area contributed by atoms with Gasteiger partial charge in [-0.2, -0.15) is 10.4 Å². The van der Waals surface area contributed by atoms with Crippen LogP contribution >= 0.6 is 11.6 Å². The first kappa shape index (κ1) is 19.8. The molecule has 1 N–H and O–H groups in total. The van der Waals surface area contributed by atoms with Crippen LogP contribution in [0.3, 0.4) is 0 Å². The molecule has 0 aliphatic heterocycles. The summed E-state index contributed by atoms with van der Waals surface area (Å²) in [6, 6.07) is 7.33. The highest BCUT2D eigenvalue weighted by molar-refractivity contribution is 6.32. The molecule has 0 spiro atoms. The molecule has 6 nitrogen and oxygen atoms in total. The van der Waals surface area contributed by atoms with Crippen LogP contribution in [0.1, 0.15) is 38.8 Å². The van der Waals surface area contributed by atoms with E-state index in [1.54, 1.807) is 10.7 Å². The van der Waals surface area contributed by atoms with Crippen LogP contribution in [0.5, 0.6) is 0 Å². The van der Waals surface area contributed by atoms with E-state index >= 15 is 0 Å². The average molecular weight is 375 g/mol. The highest BCUT2D eigenvalue weighted by Crippen LogP contribution is 2.29. The average Bonchev–Trinajstić information content (AvgIpc) is 2.95. The second-order valence-corrected chi connectivity index (χ2v) is 7.56. The van der Waals surface area contributed by atoms with E-state index < -0.39 is 11.7 Å². The summed E-state index contributed by atoms with van der Waals surface area (Å²) in [7, 11) is 0. The van der Waals surface area contributed by atoms with Crippen molar-refractivity contribution in [3.05, 3.63) is 40.5 Å². The molecule has 0 aliphatic rings. The van der Waals surface area contributed by atoms with Gasteiger partial charge >= 0.3 is 6.09 Å². The van der Waals surface area contributed by atoms with Crippen LogP contribution in [-0.2, 0) is 11.3 Å². The fraction of sp³-hybridized carbons (Fsp3) is 0.421. The van der Waals surface area contributed by atoms with Crippen molar-refractivity contribution in [3.63, 3.8) is 0 Å². The molecule has 0 radical (unpaired) electrons. The van der Waals surface area contributed by atoms with E-state index in [1.807, 2.05) is 52.9 Å². The number of nitrogens with zero attached hydrogens (tertiary/aromatic N) is 3. The first-order valence-corrected chi connectivity index (χ1v) is 8.71. The van der Waals surface area contributed by atoms with Gasteiger partial charge in [0.25, 0.3) is 0 Å². The third-order valence-corrected chi connectivity index (χ3v) is 4.13. The lowest BCUT2D eigenvalue weighted by molar-refractivity contribution is 0.0503. The van der Waals surface area contributed by atoms with Gasteiger partial charge in [0, 0.05) is 17.8 Å². The molecule has 1 heterocycles. The number of carbonyl (C=O) groups is 1. The van der Waals surface area contributed by atoms with Crippen LogP contribution in [-0.4, -0.2) is 27.5 Å². The number of halogens is 1. The van der Waals surface area contributed by atoms with Crippen molar-refractivity contribution in [1.29, 1.82) is 5.26 Å². The molecule has 0 aliphatic carbocycles. The number of nitriles is 1. The predicted octanol–water partition coefficient (Wildman–Crippen LogP) is 4.30. The Balaban J connectivity index is 2.08. The van der Waals surface area contributed by atoms with Gasteiger partial charge in [-0.05, 0) is 52.3 Å². The number of aromatic nitrogens is 2. The Morgan fingerprint density at radius 1 is 1.42 bits per heavy atom. The van der Waals surface area contributed by atoms with E-state index in [0.717, 1.165) is 16.8 Å². The number of alkyl carbamates (subject to hydrolysis) is 1. The molecule has 0 unspecified atom stereocenters. The van der Waals surface area contributed by atoms with Crippen LogP contribution in [0.15, 0.2) is 24.4 Å². The van der Waals surface area contributed by atoms with Crippen molar-refractivity contribution < 1.29 is 9.53 Å². The molecule has 26 heavy (non-hydrogen) atoms. The summed E-state index contributed by atoms with van der Waals surface area (Å²) >= 11 is 6.23. The largest absolute Gasteiger partial charge is 0.444 e. The maximum absolute atomic E-state index is 11.8. The first-order chi connectivity index (χ1) is 12.1. The Kier molecular flexibility index (Phi) is 5.94. The molecule has 1 aromatic carbocycles. The highest BCUT2D eigenvalue weighted by Gasteiger charge is 2.18. The monoisotopic (exact) mass is 374 g/mol. The number of benzene rings is 1. The van der Waals surface area contributed by atoms with E-state index in [-0.39, 0.29) is 6.04 Å². The topological polar surface area (TPSA) is 79.9 Å². The Hall–Kier alpha value is -2.52. The molecule has 0 saturated carbocycles. The van der Waals surface area contributed by atoms with Gasteiger partial charge in [0.15, 0.2) is 0 Å².